The highest BCUT2D eigenvalue weighted by Crippen LogP contribution is 2.29. The zero-order valence-corrected chi connectivity index (χ0v) is 18.2. The number of carboxylic acid groups (broad SMARTS) is 1. The molecule has 0 aliphatic carbocycles. The molecular weight excluding hydrogens is 440 g/mol. The Labute approximate surface area is 194 Å². The molecule has 0 saturated carbocycles. The lowest BCUT2D eigenvalue weighted by Crippen LogP contribution is -2.37. The fourth-order valence-electron chi connectivity index (χ4n) is 4.29. The van der Waals surface area contributed by atoms with E-state index in [-0.39, 0.29) is 30.9 Å². The average Bonchev–Trinajstić information content (AvgIpc) is 3.43. The monoisotopic (exact) mass is 462 g/mol. The second-order valence-electron chi connectivity index (χ2n) is 8.21. The van der Waals surface area contributed by atoms with Crippen LogP contribution in [-0.2, 0) is 13.2 Å². The Morgan fingerprint density at radius 3 is 2.44 bits per heavy atom. The quantitative estimate of drug-likeness (QED) is 0.550. The highest BCUT2D eigenvalue weighted by Gasteiger charge is 2.35. The lowest BCUT2D eigenvalue weighted by Gasteiger charge is -2.31. The van der Waals surface area contributed by atoms with Crippen LogP contribution in [0.4, 0.5) is 4.79 Å². The van der Waals surface area contributed by atoms with Crippen LogP contribution in [0, 0.1) is 0 Å². The molecule has 1 saturated heterocycles. The molecule has 1 atom stereocenters. The summed E-state index contributed by atoms with van der Waals surface area (Å²) in [7, 11) is 0. The van der Waals surface area contributed by atoms with Crippen molar-refractivity contribution in [1.82, 2.24) is 19.9 Å². The van der Waals surface area contributed by atoms with Crippen LogP contribution >= 0.6 is 0 Å². The van der Waals surface area contributed by atoms with E-state index in [4.69, 9.17) is 9.26 Å². The molecule has 174 valence electrons. The summed E-state index contributed by atoms with van der Waals surface area (Å²) in [5.41, 5.74) is 1.63. The molecule has 0 radical (unpaired) electrons. The van der Waals surface area contributed by atoms with Crippen molar-refractivity contribution in [2.45, 2.75) is 38.5 Å². The van der Waals surface area contributed by atoms with Gasteiger partial charge in [0.1, 0.15) is 5.75 Å². The Balaban J connectivity index is 1.19. The average molecular weight is 462 g/mol. The van der Waals surface area contributed by atoms with Gasteiger partial charge in [-0.25, -0.2) is 4.79 Å². The lowest BCUT2D eigenvalue weighted by molar-refractivity contribution is 0.0642. The third-order valence-corrected chi connectivity index (χ3v) is 6.03. The van der Waals surface area contributed by atoms with E-state index in [1.807, 2.05) is 0 Å². The first-order chi connectivity index (χ1) is 16.5. The van der Waals surface area contributed by atoms with Crippen LogP contribution in [0.3, 0.4) is 0 Å². The van der Waals surface area contributed by atoms with Gasteiger partial charge in [-0.2, -0.15) is 4.98 Å². The van der Waals surface area contributed by atoms with Crippen LogP contribution in [-0.4, -0.2) is 49.5 Å². The van der Waals surface area contributed by atoms with Crippen molar-refractivity contribution in [3.05, 3.63) is 76.9 Å². The van der Waals surface area contributed by atoms with E-state index in [2.05, 4.69) is 10.1 Å². The number of fused-ring (bicyclic) bond motifs is 1. The van der Waals surface area contributed by atoms with Crippen molar-refractivity contribution < 1.29 is 28.8 Å². The maximum absolute atomic E-state index is 12.5. The largest absolute Gasteiger partial charge is 0.484 e. The van der Waals surface area contributed by atoms with Gasteiger partial charge in [-0.3, -0.25) is 19.4 Å². The van der Waals surface area contributed by atoms with E-state index >= 15 is 0 Å². The van der Waals surface area contributed by atoms with E-state index in [1.54, 1.807) is 48.5 Å². The molecule has 1 unspecified atom stereocenters. The standard InChI is InChI=1S/C24H22N4O6/c29-22-17-5-1-2-6-18(17)23(30)28(22)13-15-8-10-16(11-9-15)33-14-20-25-21(26-34-20)19-7-3-4-12-27(19)24(31)32/h1-2,5-6,8-11,19H,3-4,7,12-14H2,(H,31,32). The summed E-state index contributed by atoms with van der Waals surface area (Å²) in [6.45, 7) is 0.652. The van der Waals surface area contributed by atoms with Crippen LogP contribution in [0.15, 0.2) is 53.1 Å². The summed E-state index contributed by atoms with van der Waals surface area (Å²) in [6, 6.07) is 13.4. The number of carbonyl (C=O) groups excluding carboxylic acids is 2. The summed E-state index contributed by atoms with van der Waals surface area (Å²) in [5, 5.41) is 13.3. The molecule has 3 amide bonds. The SMILES string of the molecule is O=C1c2ccccc2C(=O)N1Cc1ccc(OCc2nc(C3CCCCN3C(=O)O)no2)cc1. The normalized spacial score (nSPS) is 17.7. The van der Waals surface area contributed by atoms with Crippen LogP contribution < -0.4 is 4.74 Å². The van der Waals surface area contributed by atoms with Crippen molar-refractivity contribution in [2.75, 3.05) is 6.54 Å². The number of hydrogen-bond acceptors (Lipinski definition) is 7. The maximum atomic E-state index is 12.5. The molecule has 2 aliphatic heterocycles. The second kappa shape index (κ2) is 8.97. The number of hydrogen-bond donors (Lipinski definition) is 1. The number of ether oxygens (including phenoxy) is 1. The fraction of sp³-hybridized carbons (Fsp3) is 0.292. The second-order valence-corrected chi connectivity index (χ2v) is 8.21. The Morgan fingerprint density at radius 1 is 1.06 bits per heavy atom. The topological polar surface area (TPSA) is 126 Å². The summed E-state index contributed by atoms with van der Waals surface area (Å²) in [6.07, 6.45) is 1.39. The van der Waals surface area contributed by atoms with Gasteiger partial charge < -0.3 is 14.4 Å². The number of nitrogens with zero attached hydrogens (tertiary/aromatic N) is 4. The first-order valence-corrected chi connectivity index (χ1v) is 11.0. The van der Waals surface area contributed by atoms with Gasteiger partial charge >= 0.3 is 6.09 Å². The van der Waals surface area contributed by atoms with Gasteiger partial charge in [-0.1, -0.05) is 29.4 Å². The Morgan fingerprint density at radius 2 is 1.76 bits per heavy atom. The molecule has 1 N–H and O–H groups in total. The first-order valence-electron chi connectivity index (χ1n) is 11.0. The van der Waals surface area contributed by atoms with Gasteiger partial charge in [0.2, 0.25) is 0 Å². The zero-order valence-electron chi connectivity index (χ0n) is 18.2. The molecule has 0 spiro atoms. The van der Waals surface area contributed by atoms with Gasteiger partial charge in [0.25, 0.3) is 17.7 Å². The minimum absolute atomic E-state index is 0.0323. The molecule has 3 heterocycles. The smallest absolute Gasteiger partial charge is 0.407 e. The van der Waals surface area contributed by atoms with E-state index < -0.39 is 12.1 Å². The fourth-order valence-corrected chi connectivity index (χ4v) is 4.29. The van der Waals surface area contributed by atoms with E-state index in [9.17, 15) is 19.5 Å². The summed E-state index contributed by atoms with van der Waals surface area (Å²) >= 11 is 0. The molecule has 10 nitrogen and oxygen atoms in total. The minimum Gasteiger partial charge on any atom is -0.484 e. The molecule has 1 fully saturated rings. The predicted molar refractivity (Wildman–Crippen MR) is 117 cm³/mol. The van der Waals surface area contributed by atoms with Gasteiger partial charge in [-0.15, -0.1) is 0 Å². The van der Waals surface area contributed by atoms with Crippen molar-refractivity contribution in [3.63, 3.8) is 0 Å². The molecule has 2 aliphatic rings. The van der Waals surface area contributed by atoms with Crippen LogP contribution in [0.1, 0.15) is 63.3 Å². The molecule has 34 heavy (non-hydrogen) atoms. The molecule has 1 aromatic heterocycles. The van der Waals surface area contributed by atoms with Gasteiger partial charge in [0.15, 0.2) is 12.4 Å². The molecular formula is C24H22N4O6. The summed E-state index contributed by atoms with van der Waals surface area (Å²) in [4.78, 5) is 43.4. The maximum Gasteiger partial charge on any atom is 0.407 e. The highest BCUT2D eigenvalue weighted by molar-refractivity contribution is 6.21. The minimum atomic E-state index is -0.992. The van der Waals surface area contributed by atoms with Gasteiger partial charge in [-0.05, 0) is 49.1 Å². The molecule has 5 rings (SSSR count). The number of piperidine rings is 1. The Kier molecular flexibility index (Phi) is 5.70. The van der Waals surface area contributed by atoms with Gasteiger partial charge in [0, 0.05) is 6.54 Å². The number of carbonyl (C=O) groups is 3. The van der Waals surface area contributed by atoms with Crippen molar-refractivity contribution in [2.24, 2.45) is 0 Å². The zero-order chi connectivity index (χ0) is 23.7. The first kappa shape index (κ1) is 21.6. The van der Waals surface area contributed by atoms with Crippen molar-refractivity contribution in [3.8, 4) is 5.75 Å². The number of imide groups is 1. The lowest BCUT2D eigenvalue weighted by atomic mass is 10.0. The molecule has 0 bridgehead atoms. The Hall–Kier alpha value is -4.21. The number of amides is 3. The Bertz CT molecular complexity index is 1200. The predicted octanol–water partition coefficient (Wildman–Crippen LogP) is 3.65. The molecule has 3 aromatic rings. The number of rotatable bonds is 6. The van der Waals surface area contributed by atoms with Gasteiger partial charge in [0.05, 0.1) is 23.7 Å². The highest BCUT2D eigenvalue weighted by atomic mass is 16.5. The third-order valence-electron chi connectivity index (χ3n) is 6.03. The summed E-state index contributed by atoms with van der Waals surface area (Å²) in [5.74, 6) is 0.550. The summed E-state index contributed by atoms with van der Waals surface area (Å²) < 4.78 is 11.0. The van der Waals surface area contributed by atoms with E-state index in [1.165, 1.54) is 9.80 Å². The van der Waals surface area contributed by atoms with Crippen LogP contribution in [0.5, 0.6) is 5.75 Å². The van der Waals surface area contributed by atoms with Crippen molar-refractivity contribution >= 4 is 17.9 Å². The van der Waals surface area contributed by atoms with Crippen LogP contribution in [0.25, 0.3) is 0 Å². The van der Waals surface area contributed by atoms with Crippen LogP contribution in [0.2, 0.25) is 0 Å². The van der Waals surface area contributed by atoms with E-state index in [0.717, 1.165) is 18.4 Å². The number of aromatic nitrogens is 2. The number of benzene rings is 2. The number of likely N-dealkylation sites (tertiary alicyclic amines) is 1. The van der Waals surface area contributed by atoms with Crippen molar-refractivity contribution in [1.29, 1.82) is 0 Å². The third kappa shape index (κ3) is 4.09. The molecule has 10 heteroatoms. The molecule has 2 aromatic carbocycles. The van der Waals surface area contributed by atoms with E-state index in [0.29, 0.717) is 35.7 Å².